The van der Waals surface area contributed by atoms with Crippen molar-refractivity contribution in [1.29, 1.82) is 0 Å². The summed E-state index contributed by atoms with van der Waals surface area (Å²) >= 11 is 0. The predicted molar refractivity (Wildman–Crippen MR) is 173 cm³/mol. The Morgan fingerprint density at radius 1 is 0.300 bits per heavy atom. The van der Waals surface area contributed by atoms with Gasteiger partial charge in [-0.2, -0.15) is 0 Å². The third-order valence-corrected chi connectivity index (χ3v) is 6.45. The Bertz CT molecular complexity index is 3470. The van der Waals surface area contributed by atoms with Crippen LogP contribution < -0.4 is 0 Å². The predicted octanol–water partition coefficient (Wildman–Crippen LogP) is 11.3. The fourth-order valence-electron chi connectivity index (χ4n) is 4.75. The van der Waals surface area contributed by atoms with Gasteiger partial charge in [-0.15, -0.1) is 0 Å². The van der Waals surface area contributed by atoms with E-state index in [1.54, 1.807) is 0 Å². The van der Waals surface area contributed by atoms with E-state index in [1.165, 1.54) is 0 Å². The molecule has 8 rings (SSSR count). The van der Waals surface area contributed by atoms with Crippen molar-refractivity contribution < 1.29 is 34.3 Å². The first-order chi connectivity index (χ1) is 30.3. The Labute approximate surface area is 268 Å². The van der Waals surface area contributed by atoms with Crippen LogP contribution in [0.3, 0.4) is 0 Å². The SMILES string of the molecule is [2H]c1cc2c(-c3c4c([2H])c([2H])c([2H])c([2H])c4c(-c4c([2H])c([2H])c(-c5c([2H])c([2H])c([2H])c6c([2H])c([2H])c([2H])c([2H])c56)c([2H])c4[2H])c4c([2H])c([2H])c([2H])c([2H])c34)c([2H])c([2H])c([2H])c2c([2H])c1[2H]. The van der Waals surface area contributed by atoms with E-state index >= 15 is 0 Å². The second kappa shape index (κ2) is 9.22. The van der Waals surface area contributed by atoms with Crippen LogP contribution in [0, 0.1) is 0 Å². The Morgan fingerprint density at radius 2 is 0.750 bits per heavy atom. The van der Waals surface area contributed by atoms with Gasteiger partial charge in [0.15, 0.2) is 0 Å². The molecule has 0 heterocycles. The minimum atomic E-state index is -1.05. The van der Waals surface area contributed by atoms with Crippen LogP contribution in [0.1, 0.15) is 34.3 Å². The average molecular weight is 532 g/mol. The molecule has 0 aliphatic rings. The summed E-state index contributed by atoms with van der Waals surface area (Å²) in [6, 6.07) is -20.9. The molecule has 0 N–H and O–H groups in total. The molecule has 0 aliphatic carbocycles. The number of benzene rings is 8. The lowest BCUT2D eigenvalue weighted by Crippen LogP contribution is -1.91. The second-order valence-electron chi connectivity index (χ2n) is 8.58. The number of rotatable bonds is 3. The molecule has 40 heavy (non-hydrogen) atoms. The molecule has 0 saturated carbocycles. The molecule has 0 nitrogen and oxygen atoms in total. The normalized spacial score (nSPS) is 20.2. The molecule has 0 aromatic heterocycles. The molecular weight excluding hydrogens is 480 g/mol. The molecule has 0 fully saturated rings. The topological polar surface area (TPSA) is 0 Å². The number of fused-ring (bicyclic) bond motifs is 4. The summed E-state index contributed by atoms with van der Waals surface area (Å²) in [5.41, 5.74) is -4.07. The Morgan fingerprint density at radius 3 is 1.40 bits per heavy atom. The number of hydrogen-bond donors (Lipinski definition) is 0. The van der Waals surface area contributed by atoms with E-state index in [0.29, 0.717) is 0 Å². The Balaban J connectivity index is 1.70. The van der Waals surface area contributed by atoms with E-state index in [9.17, 15) is 12.3 Å². The molecule has 8 aromatic carbocycles. The first kappa shape index (κ1) is 8.91. The van der Waals surface area contributed by atoms with Gasteiger partial charge in [-0.3, -0.25) is 0 Å². The van der Waals surface area contributed by atoms with Crippen molar-refractivity contribution >= 4 is 43.1 Å². The highest BCUT2D eigenvalue weighted by atomic mass is 14.2. The van der Waals surface area contributed by atoms with Gasteiger partial charge in [0.2, 0.25) is 0 Å². The van der Waals surface area contributed by atoms with Crippen LogP contribution in [0.25, 0.3) is 76.5 Å². The van der Waals surface area contributed by atoms with Crippen molar-refractivity contribution in [3.8, 4) is 33.4 Å². The summed E-state index contributed by atoms with van der Waals surface area (Å²) < 4.78 is 222. The summed E-state index contributed by atoms with van der Waals surface area (Å²) in [6.07, 6.45) is 0. The van der Waals surface area contributed by atoms with Gasteiger partial charge in [0, 0.05) is 0 Å². The summed E-state index contributed by atoms with van der Waals surface area (Å²) in [7, 11) is 0. The van der Waals surface area contributed by atoms with Crippen LogP contribution in [0.15, 0.2) is 157 Å². The van der Waals surface area contributed by atoms with Crippen LogP contribution in [-0.4, -0.2) is 0 Å². The van der Waals surface area contributed by atoms with Gasteiger partial charge in [-0.1, -0.05) is 157 Å². The Hall–Kier alpha value is -5.20. The lowest BCUT2D eigenvalue weighted by Gasteiger charge is -2.19. The van der Waals surface area contributed by atoms with Crippen molar-refractivity contribution in [3.63, 3.8) is 0 Å². The molecule has 186 valence electrons. The maximum atomic E-state index is 9.47. The molecule has 0 saturated heterocycles. The molecule has 0 spiro atoms. The van der Waals surface area contributed by atoms with Gasteiger partial charge in [0.1, 0.15) is 0 Å². The molecule has 0 aliphatic heterocycles. The van der Waals surface area contributed by atoms with E-state index in [1.807, 2.05) is 0 Å². The zero-order valence-corrected chi connectivity index (χ0v) is 20.1. The molecular formula is C40H26. The molecule has 0 radical (unpaired) electrons. The van der Waals surface area contributed by atoms with E-state index < -0.39 is 222 Å². The second-order valence-corrected chi connectivity index (χ2v) is 8.58. The first-order valence-electron chi connectivity index (χ1n) is 24.3. The van der Waals surface area contributed by atoms with Crippen molar-refractivity contribution in [2.24, 2.45) is 0 Å². The molecule has 0 amide bonds. The summed E-state index contributed by atoms with van der Waals surface area (Å²) in [4.78, 5) is 0. The van der Waals surface area contributed by atoms with E-state index in [4.69, 9.17) is 21.9 Å². The lowest BCUT2D eigenvalue weighted by atomic mass is 9.84. The quantitative estimate of drug-likeness (QED) is 0.199. The van der Waals surface area contributed by atoms with E-state index in [-0.39, 0.29) is 5.39 Å². The summed E-state index contributed by atoms with van der Waals surface area (Å²) in [6.45, 7) is 0. The maximum absolute atomic E-state index is 9.47. The molecule has 0 bridgehead atoms. The zero-order valence-electron chi connectivity index (χ0n) is 45.1. The molecule has 0 atom stereocenters. The smallest absolute Gasteiger partial charge is 0.0616 e. The summed E-state index contributed by atoms with van der Waals surface area (Å²) in [5.74, 6) is 0. The van der Waals surface area contributed by atoms with Gasteiger partial charge in [0.25, 0.3) is 0 Å². The minimum absolute atomic E-state index is 0.338. The highest BCUT2D eigenvalue weighted by Gasteiger charge is 2.17. The standard InChI is InChI=1S/C40H26/c1-3-15-31-27(11-1)13-9-21-32(31)29-23-25-30(26-24-29)39-35-17-5-7-19-37(35)40(38-20-8-6-18-36(38)39)34-22-10-14-28-12-2-4-16-33(28)34/h1-26H/i1D,2D,3D,4D,5D,6D,7D,8D,9D,10D,11D,12D,13D,14D,15D,17D,18D,19D,20D,21D,22D,23D,24D,25D,26D. The maximum Gasteiger partial charge on any atom is 0.0629 e. The lowest BCUT2D eigenvalue weighted by molar-refractivity contribution is 1.63. The largest absolute Gasteiger partial charge is 0.0629 e. The van der Waals surface area contributed by atoms with Gasteiger partial charge < -0.3 is 0 Å². The van der Waals surface area contributed by atoms with Crippen LogP contribution in [0.4, 0.5) is 0 Å². The van der Waals surface area contributed by atoms with Crippen molar-refractivity contribution in [2.45, 2.75) is 0 Å². The zero-order chi connectivity index (χ0) is 48.2. The number of hydrogen-bond acceptors (Lipinski definition) is 0. The first-order valence-corrected chi connectivity index (χ1v) is 11.8. The van der Waals surface area contributed by atoms with Crippen LogP contribution in [0.5, 0.6) is 0 Å². The third kappa shape index (κ3) is 3.54. The van der Waals surface area contributed by atoms with E-state index in [0.717, 1.165) is 6.07 Å². The summed E-state index contributed by atoms with van der Waals surface area (Å²) in [5, 5.41) is -4.53. The van der Waals surface area contributed by atoms with Crippen molar-refractivity contribution in [1.82, 2.24) is 0 Å². The molecule has 8 aromatic rings. The van der Waals surface area contributed by atoms with Crippen LogP contribution in [-0.2, 0) is 0 Å². The van der Waals surface area contributed by atoms with Crippen molar-refractivity contribution in [2.75, 3.05) is 0 Å². The minimum Gasteiger partial charge on any atom is -0.0616 e. The van der Waals surface area contributed by atoms with Gasteiger partial charge >= 0.3 is 0 Å². The Kier molecular flexibility index (Phi) is 2.05. The van der Waals surface area contributed by atoms with Crippen LogP contribution in [0.2, 0.25) is 0 Å². The highest BCUT2D eigenvalue weighted by molar-refractivity contribution is 6.23. The molecule has 0 unspecified atom stereocenters. The van der Waals surface area contributed by atoms with Gasteiger partial charge in [0.05, 0.1) is 34.3 Å². The van der Waals surface area contributed by atoms with E-state index in [2.05, 4.69) is 0 Å². The third-order valence-electron chi connectivity index (χ3n) is 6.45. The molecule has 0 heteroatoms. The fraction of sp³-hybridized carbons (Fsp3) is 0. The average Bonchev–Trinajstić information content (AvgIpc) is 3.27. The van der Waals surface area contributed by atoms with Gasteiger partial charge in [-0.25, -0.2) is 0 Å². The highest BCUT2D eigenvalue weighted by Crippen LogP contribution is 2.45. The van der Waals surface area contributed by atoms with Gasteiger partial charge in [-0.05, 0) is 76.5 Å². The van der Waals surface area contributed by atoms with Crippen LogP contribution >= 0.6 is 0 Å². The van der Waals surface area contributed by atoms with Crippen molar-refractivity contribution in [3.05, 3.63) is 157 Å². The monoisotopic (exact) mass is 531 g/mol. The fourth-order valence-corrected chi connectivity index (χ4v) is 4.75.